The van der Waals surface area contributed by atoms with Crippen LogP contribution in [0.15, 0.2) is 78.4 Å². The van der Waals surface area contributed by atoms with Crippen LogP contribution < -0.4 is 9.47 Å². The number of fused-ring (bicyclic) bond motifs is 1. The molecule has 3 aromatic rings. The van der Waals surface area contributed by atoms with E-state index in [2.05, 4.69) is 0 Å². The van der Waals surface area contributed by atoms with Gasteiger partial charge < -0.3 is 24.2 Å². The Balaban J connectivity index is 1.58. The highest BCUT2D eigenvalue weighted by Gasteiger charge is 2.46. The third kappa shape index (κ3) is 4.45. The zero-order valence-corrected chi connectivity index (χ0v) is 20.1. The Morgan fingerprint density at radius 3 is 2.58 bits per heavy atom. The molecule has 1 N–H and O–H groups in total. The highest BCUT2D eigenvalue weighted by atomic mass is 16.5. The van der Waals surface area contributed by atoms with Crippen molar-refractivity contribution in [3.8, 4) is 17.2 Å². The molecule has 2 aliphatic rings. The van der Waals surface area contributed by atoms with Gasteiger partial charge in [-0.25, -0.2) is 0 Å². The number of aliphatic hydroxyl groups excluding tert-OH is 1. The summed E-state index contributed by atoms with van der Waals surface area (Å²) >= 11 is 0. The molecule has 0 unspecified atom stereocenters. The van der Waals surface area contributed by atoms with E-state index in [1.54, 1.807) is 30.3 Å². The lowest BCUT2D eigenvalue weighted by molar-refractivity contribution is -0.140. The number of rotatable bonds is 7. The Labute approximate surface area is 209 Å². The minimum absolute atomic E-state index is 0.0416. The summed E-state index contributed by atoms with van der Waals surface area (Å²) in [6.45, 7) is 2.42. The number of carbonyl (C=O) groups excluding carboxylic acids is 2. The van der Waals surface area contributed by atoms with Crippen molar-refractivity contribution < 1.29 is 28.9 Å². The first-order chi connectivity index (χ1) is 17.5. The van der Waals surface area contributed by atoms with Crippen LogP contribution in [0, 0.1) is 0 Å². The Morgan fingerprint density at radius 2 is 1.81 bits per heavy atom. The van der Waals surface area contributed by atoms with Crippen molar-refractivity contribution in [2.45, 2.75) is 25.5 Å². The molecule has 0 spiro atoms. The highest BCUT2D eigenvalue weighted by Crippen LogP contribution is 2.41. The summed E-state index contributed by atoms with van der Waals surface area (Å²) in [6, 6.07) is 21.1. The van der Waals surface area contributed by atoms with Gasteiger partial charge in [-0.1, -0.05) is 30.3 Å². The van der Waals surface area contributed by atoms with Gasteiger partial charge in [-0.05, 0) is 60.5 Å². The number of carbonyl (C=O) groups is 2. The summed E-state index contributed by atoms with van der Waals surface area (Å²) in [7, 11) is 1.54. The molecule has 2 aliphatic heterocycles. The van der Waals surface area contributed by atoms with Crippen LogP contribution in [0.3, 0.4) is 0 Å². The average Bonchev–Trinajstić information content (AvgIpc) is 3.38. The van der Waals surface area contributed by atoms with Gasteiger partial charge in [-0.3, -0.25) is 9.59 Å². The molecular weight excluding hydrogens is 458 g/mol. The molecule has 0 aromatic heterocycles. The normalized spacial score (nSPS) is 20.3. The van der Waals surface area contributed by atoms with Crippen LogP contribution >= 0.6 is 0 Å². The van der Waals surface area contributed by atoms with Gasteiger partial charge in [0, 0.05) is 25.6 Å². The van der Waals surface area contributed by atoms with E-state index in [-0.39, 0.29) is 30.6 Å². The molecule has 3 aromatic carbocycles. The molecule has 1 fully saturated rings. The molecule has 7 nitrogen and oxygen atoms in total. The zero-order chi connectivity index (χ0) is 25.2. The monoisotopic (exact) mass is 485 g/mol. The van der Waals surface area contributed by atoms with Crippen molar-refractivity contribution in [3.05, 3.63) is 95.1 Å². The molecule has 0 bridgehead atoms. The van der Waals surface area contributed by atoms with Crippen molar-refractivity contribution in [2.75, 3.05) is 20.3 Å². The van der Waals surface area contributed by atoms with E-state index < -0.39 is 17.7 Å². The fraction of sp³-hybridized carbons (Fsp3) is 0.241. The van der Waals surface area contributed by atoms with Gasteiger partial charge in [0.1, 0.15) is 29.1 Å². The SMILES string of the molecule is COCCN1C(=O)C(=O)C(=C(O)c2ccc3c(c2)C[C@@H](C)O3)[C@H]1c1cccc(Oc2ccccc2)c1. The summed E-state index contributed by atoms with van der Waals surface area (Å²) in [5.41, 5.74) is 2.12. The molecule has 5 rings (SSSR count). The topological polar surface area (TPSA) is 85.3 Å². The molecule has 2 heterocycles. The molecule has 1 amide bonds. The minimum atomic E-state index is -0.789. The molecule has 2 atom stereocenters. The predicted octanol–water partition coefficient (Wildman–Crippen LogP) is 4.87. The molecule has 1 saturated heterocycles. The summed E-state index contributed by atoms with van der Waals surface area (Å²) in [5, 5.41) is 11.4. The van der Waals surface area contributed by atoms with E-state index in [0.29, 0.717) is 29.0 Å². The minimum Gasteiger partial charge on any atom is -0.507 e. The number of Topliss-reactive ketones (excluding diaryl/α,β-unsaturated/α-hetero) is 1. The van der Waals surface area contributed by atoms with Gasteiger partial charge in [0.2, 0.25) is 0 Å². The van der Waals surface area contributed by atoms with Crippen molar-refractivity contribution in [1.29, 1.82) is 0 Å². The van der Waals surface area contributed by atoms with Gasteiger partial charge >= 0.3 is 0 Å². The molecule has 7 heteroatoms. The molecular formula is C29H27NO6. The maximum Gasteiger partial charge on any atom is 0.295 e. The number of amides is 1. The molecule has 36 heavy (non-hydrogen) atoms. The Morgan fingerprint density at radius 1 is 1.03 bits per heavy atom. The Bertz CT molecular complexity index is 1330. The second-order valence-corrected chi connectivity index (χ2v) is 8.93. The lowest BCUT2D eigenvalue weighted by Crippen LogP contribution is -2.32. The summed E-state index contributed by atoms with van der Waals surface area (Å²) < 4.78 is 16.9. The fourth-order valence-electron chi connectivity index (χ4n) is 4.74. The van der Waals surface area contributed by atoms with Crippen LogP contribution in [0.4, 0.5) is 0 Å². The largest absolute Gasteiger partial charge is 0.507 e. The molecule has 0 radical (unpaired) electrons. The second-order valence-electron chi connectivity index (χ2n) is 8.93. The lowest BCUT2D eigenvalue weighted by Gasteiger charge is -2.25. The van der Waals surface area contributed by atoms with Gasteiger partial charge in [0.25, 0.3) is 11.7 Å². The van der Waals surface area contributed by atoms with Gasteiger partial charge in [0.05, 0.1) is 18.2 Å². The highest BCUT2D eigenvalue weighted by molar-refractivity contribution is 6.46. The number of hydrogen-bond acceptors (Lipinski definition) is 6. The third-order valence-corrected chi connectivity index (χ3v) is 6.40. The number of hydrogen-bond donors (Lipinski definition) is 1. The number of nitrogens with zero attached hydrogens (tertiary/aromatic N) is 1. The number of methoxy groups -OCH3 is 1. The van der Waals surface area contributed by atoms with E-state index >= 15 is 0 Å². The smallest absolute Gasteiger partial charge is 0.295 e. The Kier molecular flexibility index (Phi) is 6.48. The number of para-hydroxylation sites is 1. The van der Waals surface area contributed by atoms with E-state index in [1.165, 1.54) is 12.0 Å². The van der Waals surface area contributed by atoms with Gasteiger partial charge in [-0.15, -0.1) is 0 Å². The number of ketones is 1. The number of aliphatic hydroxyl groups is 1. The van der Waals surface area contributed by atoms with E-state index in [0.717, 1.165) is 11.3 Å². The average molecular weight is 486 g/mol. The van der Waals surface area contributed by atoms with E-state index in [9.17, 15) is 14.7 Å². The third-order valence-electron chi connectivity index (χ3n) is 6.40. The summed E-state index contributed by atoms with van der Waals surface area (Å²) in [6.07, 6.45) is 0.755. The van der Waals surface area contributed by atoms with E-state index in [1.807, 2.05) is 49.4 Å². The van der Waals surface area contributed by atoms with Crippen LogP contribution in [0.5, 0.6) is 17.2 Å². The maximum atomic E-state index is 13.2. The standard InChI is InChI=1S/C29H27NO6/c1-18-15-21-16-20(11-12-24(21)35-18)27(31)25-26(30(13-14-34-2)29(33)28(25)32)19-7-6-10-23(17-19)36-22-8-4-3-5-9-22/h3-12,16-18,26,31H,13-15H2,1-2H3/t18-,26-/m1/s1. The molecule has 184 valence electrons. The number of ether oxygens (including phenoxy) is 3. The fourth-order valence-corrected chi connectivity index (χ4v) is 4.74. The van der Waals surface area contributed by atoms with Crippen molar-refractivity contribution in [1.82, 2.24) is 4.90 Å². The van der Waals surface area contributed by atoms with Crippen LogP contribution in [0.2, 0.25) is 0 Å². The quantitative estimate of drug-likeness (QED) is 0.292. The first-order valence-corrected chi connectivity index (χ1v) is 11.9. The van der Waals surface area contributed by atoms with Crippen molar-refractivity contribution >= 4 is 17.4 Å². The van der Waals surface area contributed by atoms with Crippen LogP contribution in [-0.4, -0.2) is 48.1 Å². The van der Waals surface area contributed by atoms with Crippen molar-refractivity contribution in [2.24, 2.45) is 0 Å². The molecule has 0 saturated carbocycles. The van der Waals surface area contributed by atoms with E-state index in [4.69, 9.17) is 14.2 Å². The zero-order valence-electron chi connectivity index (χ0n) is 20.1. The van der Waals surface area contributed by atoms with Crippen LogP contribution in [0.25, 0.3) is 5.76 Å². The summed E-state index contributed by atoms with van der Waals surface area (Å²) in [4.78, 5) is 27.7. The van der Waals surface area contributed by atoms with Gasteiger partial charge in [0.15, 0.2) is 0 Å². The Hall–Kier alpha value is -4.10. The van der Waals surface area contributed by atoms with Gasteiger partial charge in [-0.2, -0.15) is 0 Å². The second kappa shape index (κ2) is 9.87. The van der Waals surface area contributed by atoms with Crippen LogP contribution in [0.1, 0.15) is 29.7 Å². The maximum absolute atomic E-state index is 13.2. The molecule has 0 aliphatic carbocycles. The number of benzene rings is 3. The van der Waals surface area contributed by atoms with Crippen molar-refractivity contribution in [3.63, 3.8) is 0 Å². The number of likely N-dealkylation sites (tertiary alicyclic amines) is 1. The lowest BCUT2D eigenvalue weighted by atomic mass is 9.94. The first-order valence-electron chi connectivity index (χ1n) is 11.9. The summed E-state index contributed by atoms with van der Waals surface area (Å²) in [5.74, 6) is 0.369. The first kappa shape index (κ1) is 23.6. The predicted molar refractivity (Wildman–Crippen MR) is 134 cm³/mol. The van der Waals surface area contributed by atoms with Crippen LogP contribution in [-0.2, 0) is 20.7 Å².